The van der Waals surface area contributed by atoms with Gasteiger partial charge in [0.05, 0.1) is 6.10 Å². The van der Waals surface area contributed by atoms with Gasteiger partial charge in [0.2, 0.25) is 0 Å². The van der Waals surface area contributed by atoms with Gasteiger partial charge in [0, 0.05) is 13.2 Å². The molecule has 0 aromatic heterocycles. The van der Waals surface area contributed by atoms with Crippen molar-refractivity contribution in [2.45, 2.75) is 31.8 Å². The molecule has 2 aliphatic rings. The van der Waals surface area contributed by atoms with Gasteiger partial charge in [-0.15, -0.1) is 0 Å². The molecule has 1 N–H and O–H groups in total. The Labute approximate surface area is 67.6 Å². The number of fused-ring (bicyclic) bond motifs is 1. The smallest absolute Gasteiger partial charge is 0.0607 e. The average Bonchev–Trinajstić information content (AvgIpc) is 2.50. The van der Waals surface area contributed by atoms with Gasteiger partial charge in [-0.3, -0.25) is 0 Å². The first-order chi connectivity index (χ1) is 5.42. The fraction of sp³-hybridized carbons (Fsp3) is 1.00. The van der Waals surface area contributed by atoms with Crippen molar-refractivity contribution < 1.29 is 9.84 Å². The van der Waals surface area contributed by atoms with Crippen molar-refractivity contribution in [3.8, 4) is 0 Å². The highest BCUT2D eigenvalue weighted by atomic mass is 16.5. The van der Waals surface area contributed by atoms with E-state index in [1.165, 1.54) is 25.7 Å². The molecule has 1 saturated carbocycles. The molecule has 3 unspecified atom stereocenters. The van der Waals surface area contributed by atoms with Gasteiger partial charge in [-0.25, -0.2) is 0 Å². The lowest BCUT2D eigenvalue weighted by molar-refractivity contribution is 0.0274. The minimum absolute atomic E-state index is 0.366. The molecule has 1 saturated heterocycles. The van der Waals surface area contributed by atoms with E-state index in [1.54, 1.807) is 0 Å². The zero-order chi connectivity index (χ0) is 7.68. The zero-order valence-corrected chi connectivity index (χ0v) is 6.83. The molecule has 2 rings (SSSR count). The topological polar surface area (TPSA) is 29.5 Å². The molecule has 64 valence electrons. The largest absolute Gasteiger partial charge is 0.396 e. The second-order valence-electron chi connectivity index (χ2n) is 3.74. The normalized spacial score (nSPS) is 43.9. The van der Waals surface area contributed by atoms with Crippen LogP contribution in [0.15, 0.2) is 0 Å². The van der Waals surface area contributed by atoms with Crippen LogP contribution in [0.4, 0.5) is 0 Å². The van der Waals surface area contributed by atoms with Crippen LogP contribution < -0.4 is 0 Å². The minimum Gasteiger partial charge on any atom is -0.396 e. The maximum absolute atomic E-state index is 9.08. The maximum Gasteiger partial charge on any atom is 0.0607 e. The molecule has 0 bridgehead atoms. The number of rotatable bonds is 1. The number of hydrogen-bond donors (Lipinski definition) is 1. The van der Waals surface area contributed by atoms with E-state index in [0.29, 0.717) is 24.5 Å². The average molecular weight is 156 g/mol. The lowest BCUT2D eigenvalue weighted by Crippen LogP contribution is -2.30. The highest BCUT2D eigenvalue weighted by Crippen LogP contribution is 2.37. The van der Waals surface area contributed by atoms with Gasteiger partial charge in [0.1, 0.15) is 0 Å². The summed E-state index contributed by atoms with van der Waals surface area (Å²) in [5, 5.41) is 9.08. The highest BCUT2D eigenvalue weighted by Gasteiger charge is 2.36. The summed E-state index contributed by atoms with van der Waals surface area (Å²) < 4.78 is 5.58. The first-order valence-corrected chi connectivity index (χ1v) is 4.64. The maximum atomic E-state index is 9.08. The number of aliphatic hydroxyl groups is 1. The van der Waals surface area contributed by atoms with Crippen molar-refractivity contribution in [3.63, 3.8) is 0 Å². The van der Waals surface area contributed by atoms with E-state index < -0.39 is 0 Å². The molecule has 11 heavy (non-hydrogen) atoms. The van der Waals surface area contributed by atoms with Crippen LogP contribution in [0.2, 0.25) is 0 Å². The summed E-state index contributed by atoms with van der Waals surface area (Å²) in [7, 11) is 0. The predicted octanol–water partition coefficient (Wildman–Crippen LogP) is 1.18. The molecule has 1 aliphatic carbocycles. The van der Waals surface area contributed by atoms with Crippen molar-refractivity contribution in [2.75, 3.05) is 13.2 Å². The van der Waals surface area contributed by atoms with Crippen molar-refractivity contribution >= 4 is 0 Å². The summed E-state index contributed by atoms with van der Waals surface area (Å²) >= 11 is 0. The molecule has 2 heteroatoms. The number of aliphatic hydroxyl groups excluding tert-OH is 1. The van der Waals surface area contributed by atoms with E-state index in [0.717, 1.165) is 6.61 Å². The summed E-state index contributed by atoms with van der Waals surface area (Å²) in [5.74, 6) is 1.21. The molecule has 2 fully saturated rings. The second kappa shape index (κ2) is 3.11. The van der Waals surface area contributed by atoms with Gasteiger partial charge in [-0.1, -0.05) is 6.42 Å². The van der Waals surface area contributed by atoms with Crippen LogP contribution in [0.5, 0.6) is 0 Å². The molecule has 2 nitrogen and oxygen atoms in total. The standard InChI is InChI=1S/C9H16O2/c10-6-7-2-1-3-9-8(7)4-5-11-9/h7-10H,1-6H2. The highest BCUT2D eigenvalue weighted by molar-refractivity contribution is 4.85. The lowest BCUT2D eigenvalue weighted by Gasteiger charge is -2.31. The third-order valence-electron chi connectivity index (χ3n) is 3.16. The minimum atomic E-state index is 0.366. The Hall–Kier alpha value is -0.0800. The Bertz CT molecular complexity index is 136. The summed E-state index contributed by atoms with van der Waals surface area (Å²) in [6, 6.07) is 0. The Balaban J connectivity index is 2.00. The number of ether oxygens (including phenoxy) is 1. The predicted molar refractivity (Wildman–Crippen MR) is 42.3 cm³/mol. The van der Waals surface area contributed by atoms with Gasteiger partial charge < -0.3 is 9.84 Å². The lowest BCUT2D eigenvalue weighted by atomic mass is 9.77. The molecule has 0 aromatic carbocycles. The zero-order valence-electron chi connectivity index (χ0n) is 6.83. The molecule has 0 amide bonds. The Kier molecular flexibility index (Phi) is 2.14. The van der Waals surface area contributed by atoms with Crippen molar-refractivity contribution in [2.24, 2.45) is 11.8 Å². The van der Waals surface area contributed by atoms with Crippen LogP contribution in [0.3, 0.4) is 0 Å². The Morgan fingerprint density at radius 3 is 3.00 bits per heavy atom. The number of hydrogen-bond acceptors (Lipinski definition) is 2. The van der Waals surface area contributed by atoms with E-state index >= 15 is 0 Å². The molecule has 0 spiro atoms. The van der Waals surface area contributed by atoms with E-state index in [2.05, 4.69) is 0 Å². The van der Waals surface area contributed by atoms with Gasteiger partial charge in [0.25, 0.3) is 0 Å². The SMILES string of the molecule is OCC1CCCC2OCCC12. The first-order valence-electron chi connectivity index (χ1n) is 4.64. The van der Waals surface area contributed by atoms with Crippen molar-refractivity contribution in [1.29, 1.82) is 0 Å². The van der Waals surface area contributed by atoms with Crippen LogP contribution in [-0.4, -0.2) is 24.4 Å². The third-order valence-corrected chi connectivity index (χ3v) is 3.16. The summed E-state index contributed by atoms with van der Waals surface area (Å²) in [5.41, 5.74) is 0. The van der Waals surface area contributed by atoms with Crippen LogP contribution >= 0.6 is 0 Å². The quantitative estimate of drug-likeness (QED) is 0.618. The monoisotopic (exact) mass is 156 g/mol. The van der Waals surface area contributed by atoms with E-state index in [4.69, 9.17) is 9.84 Å². The molecule has 3 atom stereocenters. The molecule has 0 aromatic rings. The fourth-order valence-corrected chi connectivity index (χ4v) is 2.52. The molecule has 1 heterocycles. The summed E-state index contributed by atoms with van der Waals surface area (Å²) in [6.07, 6.45) is 5.34. The van der Waals surface area contributed by atoms with Crippen molar-refractivity contribution in [1.82, 2.24) is 0 Å². The van der Waals surface area contributed by atoms with Crippen LogP contribution in [-0.2, 0) is 4.74 Å². The summed E-state index contributed by atoms with van der Waals surface area (Å²) in [4.78, 5) is 0. The van der Waals surface area contributed by atoms with E-state index in [9.17, 15) is 0 Å². The van der Waals surface area contributed by atoms with Gasteiger partial charge in [-0.2, -0.15) is 0 Å². The first kappa shape index (κ1) is 7.56. The van der Waals surface area contributed by atoms with Crippen molar-refractivity contribution in [3.05, 3.63) is 0 Å². The van der Waals surface area contributed by atoms with Gasteiger partial charge in [0.15, 0.2) is 0 Å². The van der Waals surface area contributed by atoms with Crippen LogP contribution in [0.1, 0.15) is 25.7 Å². The Morgan fingerprint density at radius 2 is 2.18 bits per heavy atom. The fourth-order valence-electron chi connectivity index (χ4n) is 2.52. The van der Waals surface area contributed by atoms with E-state index in [-0.39, 0.29) is 0 Å². The van der Waals surface area contributed by atoms with E-state index in [1.807, 2.05) is 0 Å². The van der Waals surface area contributed by atoms with Gasteiger partial charge >= 0.3 is 0 Å². The summed E-state index contributed by atoms with van der Waals surface area (Å²) in [6.45, 7) is 1.29. The molecular formula is C9H16O2. The van der Waals surface area contributed by atoms with Gasteiger partial charge in [-0.05, 0) is 31.1 Å². The third kappa shape index (κ3) is 1.30. The van der Waals surface area contributed by atoms with Crippen LogP contribution in [0, 0.1) is 11.8 Å². The Morgan fingerprint density at radius 1 is 1.27 bits per heavy atom. The van der Waals surface area contributed by atoms with Crippen LogP contribution in [0.25, 0.3) is 0 Å². The molecule has 1 aliphatic heterocycles. The molecule has 0 radical (unpaired) electrons. The second-order valence-corrected chi connectivity index (χ2v) is 3.74. The molecular weight excluding hydrogens is 140 g/mol.